The van der Waals surface area contributed by atoms with Crippen molar-refractivity contribution >= 4 is 5.69 Å². The van der Waals surface area contributed by atoms with Crippen molar-refractivity contribution < 1.29 is 13.9 Å². The summed E-state index contributed by atoms with van der Waals surface area (Å²) in [6.07, 6.45) is 3.70. The van der Waals surface area contributed by atoms with E-state index in [1.54, 1.807) is 12.1 Å². The Bertz CT molecular complexity index is 544. The number of anilines is 1. The Morgan fingerprint density at radius 2 is 2.10 bits per heavy atom. The van der Waals surface area contributed by atoms with Crippen molar-refractivity contribution in [2.75, 3.05) is 25.1 Å². The zero-order valence-corrected chi connectivity index (χ0v) is 11.9. The molecule has 2 aliphatic rings. The smallest absolute Gasteiger partial charge is 0.141 e. The van der Waals surface area contributed by atoms with Gasteiger partial charge in [0.15, 0.2) is 0 Å². The van der Waals surface area contributed by atoms with Gasteiger partial charge in [0, 0.05) is 31.5 Å². The lowest BCUT2D eigenvalue weighted by molar-refractivity contribution is -0.135. The van der Waals surface area contributed by atoms with Crippen LogP contribution in [-0.2, 0) is 9.47 Å². The molecule has 1 unspecified atom stereocenters. The van der Waals surface area contributed by atoms with E-state index in [2.05, 4.69) is 5.32 Å². The van der Waals surface area contributed by atoms with Crippen LogP contribution in [0.5, 0.6) is 0 Å². The molecule has 0 amide bonds. The molecule has 1 aromatic carbocycles. The summed E-state index contributed by atoms with van der Waals surface area (Å²) >= 11 is 0. The second-order valence-electron chi connectivity index (χ2n) is 5.78. The number of nitrogens with one attached hydrogen (secondary N) is 1. The lowest BCUT2D eigenvalue weighted by atomic mass is 9.84. The summed E-state index contributed by atoms with van der Waals surface area (Å²) in [5, 5.41) is 12.3. The van der Waals surface area contributed by atoms with Gasteiger partial charge >= 0.3 is 0 Å². The Hall–Kier alpha value is -1.64. The van der Waals surface area contributed by atoms with Crippen LogP contribution in [0.25, 0.3) is 0 Å². The zero-order valence-electron chi connectivity index (χ0n) is 11.9. The number of ether oxygens (including phenoxy) is 2. The van der Waals surface area contributed by atoms with E-state index >= 15 is 0 Å². The van der Waals surface area contributed by atoms with Gasteiger partial charge in [-0.3, -0.25) is 0 Å². The van der Waals surface area contributed by atoms with Crippen LogP contribution < -0.4 is 5.32 Å². The predicted octanol–water partition coefficient (Wildman–Crippen LogP) is 2.84. The maximum Gasteiger partial charge on any atom is 0.141 e. The highest BCUT2D eigenvalue weighted by molar-refractivity contribution is 5.50. The number of nitrogens with zero attached hydrogens (tertiary/aromatic N) is 1. The minimum atomic E-state index is -0.476. The summed E-state index contributed by atoms with van der Waals surface area (Å²) in [4.78, 5) is 0. The number of hydrogen-bond acceptors (Lipinski definition) is 4. The normalized spacial score (nSPS) is 24.5. The fraction of sp³-hybridized carbons (Fsp3) is 0.562. The van der Waals surface area contributed by atoms with Crippen LogP contribution in [0.1, 0.15) is 31.2 Å². The number of halogens is 1. The molecular formula is C16H19FN2O2. The van der Waals surface area contributed by atoms with E-state index in [9.17, 15) is 4.39 Å². The molecule has 1 aromatic rings. The summed E-state index contributed by atoms with van der Waals surface area (Å²) in [5.74, 6) is -0.476. The molecule has 2 fully saturated rings. The van der Waals surface area contributed by atoms with Crippen molar-refractivity contribution in [2.45, 2.75) is 37.3 Å². The fourth-order valence-corrected chi connectivity index (χ4v) is 3.18. The summed E-state index contributed by atoms with van der Waals surface area (Å²) in [7, 11) is 0. The van der Waals surface area contributed by atoms with Crippen LogP contribution in [0.3, 0.4) is 0 Å². The van der Waals surface area contributed by atoms with E-state index in [4.69, 9.17) is 14.7 Å². The van der Waals surface area contributed by atoms with E-state index in [1.165, 1.54) is 6.07 Å². The van der Waals surface area contributed by atoms with Crippen LogP contribution in [0.4, 0.5) is 10.1 Å². The second kappa shape index (κ2) is 6.00. The maximum atomic E-state index is 13.4. The van der Waals surface area contributed by atoms with Gasteiger partial charge in [0.2, 0.25) is 0 Å². The van der Waals surface area contributed by atoms with Crippen LogP contribution in [0.2, 0.25) is 0 Å². The minimum absolute atomic E-state index is 0.0767. The molecule has 2 saturated heterocycles. The first-order chi connectivity index (χ1) is 10.2. The molecule has 0 aromatic heterocycles. The fourth-order valence-electron chi connectivity index (χ4n) is 3.18. The van der Waals surface area contributed by atoms with Gasteiger partial charge in [-0.25, -0.2) is 4.39 Å². The SMILES string of the molecule is N#Cc1cc(NC2CCOC3(CCOCC3)C2)ccc1F. The van der Waals surface area contributed by atoms with Gasteiger partial charge in [0.1, 0.15) is 11.9 Å². The molecule has 3 rings (SSSR count). The van der Waals surface area contributed by atoms with E-state index in [-0.39, 0.29) is 17.2 Å². The van der Waals surface area contributed by atoms with E-state index in [0.29, 0.717) is 0 Å². The summed E-state index contributed by atoms with van der Waals surface area (Å²) in [6.45, 7) is 2.23. The minimum Gasteiger partial charge on any atom is -0.382 e. The molecule has 1 spiro atoms. The maximum absolute atomic E-state index is 13.4. The highest BCUT2D eigenvalue weighted by atomic mass is 19.1. The average molecular weight is 290 g/mol. The molecule has 0 radical (unpaired) electrons. The molecule has 1 N–H and O–H groups in total. The molecule has 4 nitrogen and oxygen atoms in total. The van der Waals surface area contributed by atoms with Crippen molar-refractivity contribution in [3.63, 3.8) is 0 Å². The monoisotopic (exact) mass is 290 g/mol. The van der Waals surface area contributed by atoms with Gasteiger partial charge in [-0.05, 0) is 43.9 Å². The van der Waals surface area contributed by atoms with Gasteiger partial charge in [-0.1, -0.05) is 0 Å². The standard InChI is InChI=1S/C16H19FN2O2/c17-15-2-1-13(9-12(15)11-18)19-14-3-6-21-16(10-14)4-7-20-8-5-16/h1-2,9,14,19H,3-8,10H2. The first-order valence-corrected chi connectivity index (χ1v) is 7.39. The second-order valence-corrected chi connectivity index (χ2v) is 5.78. The molecule has 1 atom stereocenters. The topological polar surface area (TPSA) is 54.3 Å². The Kier molecular flexibility index (Phi) is 4.09. The lowest BCUT2D eigenvalue weighted by Gasteiger charge is -2.43. The molecular weight excluding hydrogens is 271 g/mol. The first-order valence-electron chi connectivity index (χ1n) is 7.39. The van der Waals surface area contributed by atoms with Gasteiger partial charge in [0.25, 0.3) is 0 Å². The number of hydrogen-bond donors (Lipinski definition) is 1. The quantitative estimate of drug-likeness (QED) is 0.910. The van der Waals surface area contributed by atoms with Crippen LogP contribution in [0, 0.1) is 17.1 Å². The van der Waals surface area contributed by atoms with E-state index in [0.717, 1.165) is 51.2 Å². The summed E-state index contributed by atoms with van der Waals surface area (Å²) in [5.41, 5.74) is 0.793. The number of benzene rings is 1. The Labute approximate surface area is 123 Å². The third kappa shape index (κ3) is 3.17. The van der Waals surface area contributed by atoms with Crippen LogP contribution in [-0.4, -0.2) is 31.5 Å². The van der Waals surface area contributed by atoms with Crippen molar-refractivity contribution in [3.05, 3.63) is 29.6 Å². The summed E-state index contributed by atoms with van der Waals surface area (Å²) in [6, 6.07) is 6.75. The average Bonchev–Trinajstić information content (AvgIpc) is 2.50. The number of nitriles is 1. The number of rotatable bonds is 2. The third-order valence-electron chi connectivity index (χ3n) is 4.35. The van der Waals surface area contributed by atoms with Crippen molar-refractivity contribution in [2.24, 2.45) is 0 Å². The Balaban J connectivity index is 1.68. The Morgan fingerprint density at radius 1 is 1.29 bits per heavy atom. The molecule has 21 heavy (non-hydrogen) atoms. The predicted molar refractivity (Wildman–Crippen MR) is 76.5 cm³/mol. The van der Waals surface area contributed by atoms with Crippen LogP contribution in [0.15, 0.2) is 18.2 Å². The van der Waals surface area contributed by atoms with Gasteiger partial charge in [-0.15, -0.1) is 0 Å². The lowest BCUT2D eigenvalue weighted by Crippen LogP contribution is -2.47. The molecule has 2 heterocycles. The molecule has 112 valence electrons. The van der Waals surface area contributed by atoms with Gasteiger partial charge < -0.3 is 14.8 Å². The molecule has 2 aliphatic heterocycles. The van der Waals surface area contributed by atoms with E-state index in [1.807, 2.05) is 6.07 Å². The molecule has 5 heteroatoms. The molecule has 0 saturated carbocycles. The third-order valence-corrected chi connectivity index (χ3v) is 4.35. The highest BCUT2D eigenvalue weighted by Gasteiger charge is 2.38. The molecule has 0 bridgehead atoms. The first kappa shape index (κ1) is 14.3. The van der Waals surface area contributed by atoms with Gasteiger partial charge in [-0.2, -0.15) is 5.26 Å². The van der Waals surface area contributed by atoms with E-state index < -0.39 is 5.82 Å². The molecule has 0 aliphatic carbocycles. The van der Waals surface area contributed by atoms with Gasteiger partial charge in [0.05, 0.1) is 11.2 Å². The summed E-state index contributed by atoms with van der Waals surface area (Å²) < 4.78 is 24.8. The zero-order chi connectivity index (χ0) is 14.7. The Morgan fingerprint density at radius 3 is 2.86 bits per heavy atom. The van der Waals surface area contributed by atoms with Crippen molar-refractivity contribution in [1.29, 1.82) is 5.26 Å². The highest BCUT2D eigenvalue weighted by Crippen LogP contribution is 2.35. The largest absolute Gasteiger partial charge is 0.382 e. The van der Waals surface area contributed by atoms with Crippen LogP contribution >= 0.6 is 0 Å². The van der Waals surface area contributed by atoms with Crippen molar-refractivity contribution in [1.82, 2.24) is 0 Å². The van der Waals surface area contributed by atoms with Crippen molar-refractivity contribution in [3.8, 4) is 6.07 Å².